The van der Waals surface area contributed by atoms with Gasteiger partial charge in [0.1, 0.15) is 4.60 Å². The summed E-state index contributed by atoms with van der Waals surface area (Å²) in [6, 6.07) is 3.99. The molecule has 0 fully saturated rings. The normalized spacial score (nSPS) is 11.8. The highest BCUT2D eigenvalue weighted by atomic mass is 79.9. The minimum Gasteiger partial charge on any atom is -0.245 e. The van der Waals surface area contributed by atoms with Crippen molar-refractivity contribution < 1.29 is 0 Å². The van der Waals surface area contributed by atoms with E-state index in [1.54, 1.807) is 0 Å². The molecular formula is C9H11Br2N. The second kappa shape index (κ2) is 3.46. The summed E-state index contributed by atoms with van der Waals surface area (Å²) in [6.07, 6.45) is 0. The zero-order valence-electron chi connectivity index (χ0n) is 7.36. The van der Waals surface area contributed by atoms with E-state index in [2.05, 4.69) is 57.6 Å². The summed E-state index contributed by atoms with van der Waals surface area (Å²) >= 11 is 6.80. The van der Waals surface area contributed by atoms with Gasteiger partial charge in [0.15, 0.2) is 0 Å². The molecule has 0 atom stereocenters. The van der Waals surface area contributed by atoms with Gasteiger partial charge in [-0.2, -0.15) is 0 Å². The van der Waals surface area contributed by atoms with E-state index in [0.717, 1.165) is 14.8 Å². The SMILES string of the molecule is CC(C)(C)c1cc(Br)cc(Br)n1. The first-order chi connectivity index (χ1) is 5.39. The quantitative estimate of drug-likeness (QED) is 0.661. The third kappa shape index (κ3) is 2.56. The van der Waals surface area contributed by atoms with Gasteiger partial charge in [-0.1, -0.05) is 36.7 Å². The summed E-state index contributed by atoms with van der Waals surface area (Å²) < 4.78 is 1.94. The molecule has 0 aromatic carbocycles. The Labute approximate surface area is 89.8 Å². The zero-order chi connectivity index (χ0) is 9.35. The van der Waals surface area contributed by atoms with E-state index >= 15 is 0 Å². The molecule has 1 rings (SSSR count). The fourth-order valence-corrected chi connectivity index (χ4v) is 2.03. The number of nitrogens with zero attached hydrogens (tertiary/aromatic N) is 1. The van der Waals surface area contributed by atoms with Crippen molar-refractivity contribution in [2.45, 2.75) is 26.2 Å². The molecule has 1 aromatic heterocycles. The molecule has 0 radical (unpaired) electrons. The van der Waals surface area contributed by atoms with Crippen LogP contribution < -0.4 is 0 Å². The molecule has 0 aliphatic carbocycles. The lowest BCUT2D eigenvalue weighted by atomic mass is 9.92. The van der Waals surface area contributed by atoms with Crippen LogP contribution in [0, 0.1) is 0 Å². The van der Waals surface area contributed by atoms with E-state index in [1.807, 2.05) is 12.1 Å². The minimum atomic E-state index is 0.103. The van der Waals surface area contributed by atoms with Crippen LogP contribution in [-0.2, 0) is 5.41 Å². The van der Waals surface area contributed by atoms with Crippen molar-refractivity contribution in [1.29, 1.82) is 0 Å². The number of halogens is 2. The number of rotatable bonds is 0. The average Bonchev–Trinajstić information content (AvgIpc) is 1.82. The van der Waals surface area contributed by atoms with Crippen LogP contribution in [0.4, 0.5) is 0 Å². The Morgan fingerprint density at radius 2 is 1.75 bits per heavy atom. The smallest absolute Gasteiger partial charge is 0.107 e. The topological polar surface area (TPSA) is 12.9 Å². The minimum absolute atomic E-state index is 0.103. The van der Waals surface area contributed by atoms with Crippen LogP contribution in [-0.4, -0.2) is 4.98 Å². The van der Waals surface area contributed by atoms with Crippen LogP contribution in [0.5, 0.6) is 0 Å². The highest BCUT2D eigenvalue weighted by Gasteiger charge is 2.15. The van der Waals surface area contributed by atoms with Crippen LogP contribution in [0.15, 0.2) is 21.2 Å². The van der Waals surface area contributed by atoms with Crippen molar-refractivity contribution in [3.63, 3.8) is 0 Å². The number of pyridine rings is 1. The number of hydrogen-bond acceptors (Lipinski definition) is 1. The van der Waals surface area contributed by atoms with Crippen LogP contribution in [0.25, 0.3) is 0 Å². The lowest BCUT2D eigenvalue weighted by Crippen LogP contribution is -2.13. The van der Waals surface area contributed by atoms with Gasteiger partial charge in [-0.15, -0.1) is 0 Å². The molecule has 0 saturated heterocycles. The molecule has 0 aliphatic heterocycles. The van der Waals surface area contributed by atoms with Gasteiger partial charge in [-0.05, 0) is 28.1 Å². The van der Waals surface area contributed by atoms with Crippen molar-refractivity contribution >= 4 is 31.9 Å². The van der Waals surface area contributed by atoms with Crippen molar-refractivity contribution in [3.05, 3.63) is 26.9 Å². The van der Waals surface area contributed by atoms with Gasteiger partial charge in [0.25, 0.3) is 0 Å². The van der Waals surface area contributed by atoms with Crippen LogP contribution in [0.2, 0.25) is 0 Å². The van der Waals surface area contributed by atoms with E-state index in [4.69, 9.17) is 0 Å². The predicted molar refractivity (Wildman–Crippen MR) is 58.3 cm³/mol. The van der Waals surface area contributed by atoms with Crippen molar-refractivity contribution in [3.8, 4) is 0 Å². The first-order valence-electron chi connectivity index (χ1n) is 3.73. The molecule has 0 N–H and O–H groups in total. The van der Waals surface area contributed by atoms with Gasteiger partial charge in [0, 0.05) is 15.6 Å². The molecule has 3 heteroatoms. The molecule has 0 unspecified atom stereocenters. The molecule has 0 saturated carbocycles. The average molecular weight is 293 g/mol. The van der Waals surface area contributed by atoms with Crippen LogP contribution in [0.3, 0.4) is 0 Å². The van der Waals surface area contributed by atoms with E-state index in [9.17, 15) is 0 Å². The molecule has 0 bridgehead atoms. The third-order valence-corrected chi connectivity index (χ3v) is 2.39. The molecule has 0 aliphatic rings. The fraction of sp³-hybridized carbons (Fsp3) is 0.444. The lowest BCUT2D eigenvalue weighted by molar-refractivity contribution is 0.567. The lowest BCUT2D eigenvalue weighted by Gasteiger charge is -2.17. The second-order valence-corrected chi connectivity index (χ2v) is 5.47. The Hall–Kier alpha value is 0.110. The van der Waals surface area contributed by atoms with E-state index < -0.39 is 0 Å². The summed E-state index contributed by atoms with van der Waals surface area (Å²) in [6.45, 7) is 6.44. The van der Waals surface area contributed by atoms with E-state index in [1.165, 1.54) is 0 Å². The highest BCUT2D eigenvalue weighted by molar-refractivity contribution is 9.11. The molecule has 66 valence electrons. The molecule has 1 heterocycles. The monoisotopic (exact) mass is 291 g/mol. The Morgan fingerprint density at radius 3 is 2.17 bits per heavy atom. The molecule has 0 spiro atoms. The Balaban J connectivity index is 3.18. The van der Waals surface area contributed by atoms with Crippen molar-refractivity contribution in [2.24, 2.45) is 0 Å². The molecule has 1 aromatic rings. The summed E-state index contributed by atoms with van der Waals surface area (Å²) in [7, 11) is 0. The summed E-state index contributed by atoms with van der Waals surface area (Å²) in [4.78, 5) is 4.39. The van der Waals surface area contributed by atoms with Crippen LogP contribution >= 0.6 is 31.9 Å². The first kappa shape index (κ1) is 10.2. The highest BCUT2D eigenvalue weighted by Crippen LogP contribution is 2.25. The van der Waals surface area contributed by atoms with Gasteiger partial charge in [0.05, 0.1) is 0 Å². The maximum Gasteiger partial charge on any atom is 0.107 e. The molecular weight excluding hydrogens is 282 g/mol. The van der Waals surface area contributed by atoms with Gasteiger partial charge < -0.3 is 0 Å². The van der Waals surface area contributed by atoms with E-state index in [-0.39, 0.29) is 5.41 Å². The molecule has 1 nitrogen and oxygen atoms in total. The van der Waals surface area contributed by atoms with Crippen LogP contribution in [0.1, 0.15) is 26.5 Å². The van der Waals surface area contributed by atoms with Gasteiger partial charge in [-0.3, -0.25) is 0 Å². The first-order valence-corrected chi connectivity index (χ1v) is 5.32. The van der Waals surface area contributed by atoms with Gasteiger partial charge >= 0.3 is 0 Å². The van der Waals surface area contributed by atoms with Crippen molar-refractivity contribution in [1.82, 2.24) is 4.98 Å². The number of hydrogen-bond donors (Lipinski definition) is 0. The van der Waals surface area contributed by atoms with Gasteiger partial charge in [0.2, 0.25) is 0 Å². The predicted octanol–water partition coefficient (Wildman–Crippen LogP) is 3.90. The number of aromatic nitrogens is 1. The Kier molecular flexibility index (Phi) is 2.94. The zero-order valence-corrected chi connectivity index (χ0v) is 10.5. The van der Waals surface area contributed by atoms with E-state index in [0.29, 0.717) is 0 Å². The summed E-state index contributed by atoms with van der Waals surface area (Å²) in [5, 5.41) is 0. The molecule has 12 heavy (non-hydrogen) atoms. The third-order valence-electron chi connectivity index (χ3n) is 1.53. The standard InChI is InChI=1S/C9H11Br2N/c1-9(2,3)7-4-6(10)5-8(11)12-7/h4-5H,1-3H3. The molecule has 0 amide bonds. The summed E-state index contributed by atoms with van der Waals surface area (Å²) in [5.41, 5.74) is 1.19. The Morgan fingerprint density at radius 1 is 1.17 bits per heavy atom. The van der Waals surface area contributed by atoms with Crippen molar-refractivity contribution in [2.75, 3.05) is 0 Å². The fourth-order valence-electron chi connectivity index (χ4n) is 0.850. The maximum absolute atomic E-state index is 4.39. The second-order valence-electron chi connectivity index (χ2n) is 3.74. The summed E-state index contributed by atoms with van der Waals surface area (Å²) in [5.74, 6) is 0. The largest absolute Gasteiger partial charge is 0.245 e. The maximum atomic E-state index is 4.39. The Bertz CT molecular complexity index is 269. The van der Waals surface area contributed by atoms with Gasteiger partial charge in [-0.25, -0.2) is 4.98 Å².